The number of aromatic nitrogens is 2. The predicted octanol–water partition coefficient (Wildman–Crippen LogP) is 3.77. The van der Waals surface area contributed by atoms with Gasteiger partial charge >= 0.3 is 6.09 Å². The zero-order chi connectivity index (χ0) is 19.6. The Morgan fingerprint density at radius 1 is 1.37 bits per heavy atom. The lowest BCUT2D eigenvalue weighted by Gasteiger charge is -2.33. The average molecular weight is 378 g/mol. The highest BCUT2D eigenvalue weighted by Crippen LogP contribution is 2.29. The second-order valence-electron chi connectivity index (χ2n) is 7.87. The first-order valence-corrected chi connectivity index (χ1v) is 9.23. The van der Waals surface area contributed by atoms with Gasteiger partial charge < -0.3 is 19.7 Å². The third-order valence-corrected chi connectivity index (χ3v) is 4.58. The fourth-order valence-corrected chi connectivity index (χ4v) is 3.17. The van der Waals surface area contributed by atoms with Crippen LogP contribution < -0.4 is 10.1 Å². The van der Waals surface area contributed by atoms with Crippen molar-refractivity contribution in [2.75, 3.05) is 32.1 Å². The maximum absolute atomic E-state index is 14.3. The standard InChI is InChI=1S/C19H27FN4O3/c1-19(2,3)27-18(25)24-7-5-12(6-8-24)11-26-13-9-14(20)16-15(10-13)22-23-17(16)21-4/h9-10,12H,5-8,11H2,1-4H3,(H2,21,22,23). The Balaban J connectivity index is 1.53. The van der Waals surface area contributed by atoms with Crippen LogP contribution in [-0.2, 0) is 4.74 Å². The SMILES string of the molecule is CNc1n[nH]c2cc(OCC3CCN(C(=O)OC(C)(C)C)CC3)cc(F)c12. The molecule has 1 aliphatic heterocycles. The van der Waals surface area contributed by atoms with E-state index in [-0.39, 0.29) is 11.9 Å². The predicted molar refractivity (Wildman–Crippen MR) is 102 cm³/mol. The minimum Gasteiger partial charge on any atom is -0.493 e. The fraction of sp³-hybridized carbons (Fsp3) is 0.579. The summed E-state index contributed by atoms with van der Waals surface area (Å²) in [6.45, 7) is 7.35. The van der Waals surface area contributed by atoms with Gasteiger partial charge in [-0.1, -0.05) is 0 Å². The van der Waals surface area contributed by atoms with Crippen LogP contribution in [0.2, 0.25) is 0 Å². The average Bonchev–Trinajstić information content (AvgIpc) is 3.02. The lowest BCUT2D eigenvalue weighted by Crippen LogP contribution is -2.42. The third-order valence-electron chi connectivity index (χ3n) is 4.58. The molecule has 0 saturated carbocycles. The van der Waals surface area contributed by atoms with Crippen LogP contribution in [0.3, 0.4) is 0 Å². The Labute approximate surface area is 158 Å². The molecule has 1 aromatic heterocycles. The van der Waals surface area contributed by atoms with Crippen molar-refractivity contribution in [1.82, 2.24) is 15.1 Å². The number of fused-ring (bicyclic) bond motifs is 1. The van der Waals surface area contributed by atoms with Crippen LogP contribution in [-0.4, -0.2) is 53.5 Å². The number of hydrogen-bond donors (Lipinski definition) is 2. The molecule has 2 N–H and O–H groups in total. The summed E-state index contributed by atoms with van der Waals surface area (Å²) in [5, 5.41) is 10.1. The molecule has 1 amide bonds. The van der Waals surface area contributed by atoms with Gasteiger partial charge in [-0.25, -0.2) is 9.18 Å². The van der Waals surface area contributed by atoms with E-state index in [0.717, 1.165) is 12.8 Å². The number of piperidine rings is 1. The number of likely N-dealkylation sites (tertiary alicyclic amines) is 1. The molecule has 148 valence electrons. The summed E-state index contributed by atoms with van der Waals surface area (Å²) >= 11 is 0. The molecule has 2 aromatic rings. The van der Waals surface area contributed by atoms with Gasteiger partial charge in [0, 0.05) is 32.3 Å². The van der Waals surface area contributed by atoms with Gasteiger partial charge in [0.1, 0.15) is 17.2 Å². The molecule has 1 fully saturated rings. The number of hydrogen-bond acceptors (Lipinski definition) is 5. The van der Waals surface area contributed by atoms with E-state index >= 15 is 0 Å². The number of rotatable bonds is 4. The summed E-state index contributed by atoms with van der Waals surface area (Å²) in [4.78, 5) is 13.8. The van der Waals surface area contributed by atoms with E-state index in [0.29, 0.717) is 48.1 Å². The first kappa shape index (κ1) is 19.3. The van der Waals surface area contributed by atoms with E-state index in [2.05, 4.69) is 15.5 Å². The zero-order valence-corrected chi connectivity index (χ0v) is 16.3. The Hall–Kier alpha value is -2.51. The van der Waals surface area contributed by atoms with Crippen molar-refractivity contribution in [2.45, 2.75) is 39.2 Å². The lowest BCUT2D eigenvalue weighted by molar-refractivity contribution is 0.0165. The summed E-state index contributed by atoms with van der Waals surface area (Å²) < 4.78 is 25.5. The highest BCUT2D eigenvalue weighted by atomic mass is 19.1. The van der Waals surface area contributed by atoms with E-state index in [1.807, 2.05) is 20.8 Å². The molecule has 0 aliphatic carbocycles. The van der Waals surface area contributed by atoms with Crippen molar-refractivity contribution in [2.24, 2.45) is 5.92 Å². The van der Waals surface area contributed by atoms with Gasteiger partial charge in [-0.3, -0.25) is 5.10 Å². The number of aromatic amines is 1. The third kappa shape index (κ3) is 4.61. The van der Waals surface area contributed by atoms with Crippen molar-refractivity contribution in [3.05, 3.63) is 17.9 Å². The van der Waals surface area contributed by atoms with E-state index < -0.39 is 5.60 Å². The summed E-state index contributed by atoms with van der Waals surface area (Å²) in [7, 11) is 1.70. The van der Waals surface area contributed by atoms with Gasteiger partial charge in [0.15, 0.2) is 5.82 Å². The number of anilines is 1. The number of benzene rings is 1. The number of halogens is 1. The van der Waals surface area contributed by atoms with Crippen molar-refractivity contribution in [3.8, 4) is 5.75 Å². The molecule has 7 nitrogen and oxygen atoms in total. The summed E-state index contributed by atoms with van der Waals surface area (Å²) in [6, 6.07) is 3.14. The van der Waals surface area contributed by atoms with Crippen LogP contribution in [0.1, 0.15) is 33.6 Å². The molecule has 0 atom stereocenters. The van der Waals surface area contributed by atoms with Crippen LogP contribution in [0.15, 0.2) is 12.1 Å². The fourth-order valence-electron chi connectivity index (χ4n) is 3.17. The minimum absolute atomic E-state index is 0.269. The number of amides is 1. The first-order valence-electron chi connectivity index (χ1n) is 9.23. The van der Waals surface area contributed by atoms with Crippen LogP contribution in [0.5, 0.6) is 5.75 Å². The summed E-state index contributed by atoms with van der Waals surface area (Å²) in [5.41, 5.74) is 0.105. The monoisotopic (exact) mass is 378 g/mol. The quantitative estimate of drug-likeness (QED) is 0.847. The molecule has 1 aliphatic rings. The van der Waals surface area contributed by atoms with Crippen molar-refractivity contribution in [3.63, 3.8) is 0 Å². The van der Waals surface area contributed by atoms with E-state index in [4.69, 9.17) is 9.47 Å². The van der Waals surface area contributed by atoms with Gasteiger partial charge in [-0.2, -0.15) is 5.10 Å². The normalized spacial score (nSPS) is 15.8. The van der Waals surface area contributed by atoms with Gasteiger partial charge in [0.25, 0.3) is 0 Å². The second kappa shape index (κ2) is 7.62. The summed E-state index contributed by atoms with van der Waals surface area (Å²) in [5.74, 6) is 0.891. The molecule has 8 heteroatoms. The topological polar surface area (TPSA) is 79.5 Å². The van der Waals surface area contributed by atoms with Crippen LogP contribution >= 0.6 is 0 Å². The van der Waals surface area contributed by atoms with Gasteiger partial charge in [-0.05, 0) is 39.5 Å². The Morgan fingerprint density at radius 2 is 2.07 bits per heavy atom. The van der Waals surface area contributed by atoms with Crippen LogP contribution in [0.4, 0.5) is 15.0 Å². The molecule has 0 bridgehead atoms. The maximum Gasteiger partial charge on any atom is 0.410 e. The number of nitrogens with zero attached hydrogens (tertiary/aromatic N) is 2. The number of carbonyl (C=O) groups excluding carboxylic acids is 1. The van der Waals surface area contributed by atoms with Crippen LogP contribution in [0, 0.1) is 11.7 Å². The van der Waals surface area contributed by atoms with Crippen LogP contribution in [0.25, 0.3) is 10.9 Å². The van der Waals surface area contributed by atoms with Gasteiger partial charge in [0.2, 0.25) is 0 Å². The summed E-state index contributed by atoms with van der Waals surface area (Å²) in [6.07, 6.45) is 1.39. The Morgan fingerprint density at radius 3 is 2.70 bits per heavy atom. The molecule has 3 rings (SSSR count). The lowest BCUT2D eigenvalue weighted by atomic mass is 9.98. The maximum atomic E-state index is 14.3. The molecular formula is C19H27FN4O3. The molecule has 0 radical (unpaired) electrons. The molecule has 0 unspecified atom stereocenters. The van der Waals surface area contributed by atoms with Gasteiger partial charge in [0.05, 0.1) is 17.5 Å². The molecular weight excluding hydrogens is 351 g/mol. The number of H-pyrrole nitrogens is 1. The molecule has 27 heavy (non-hydrogen) atoms. The number of ether oxygens (including phenoxy) is 2. The second-order valence-corrected chi connectivity index (χ2v) is 7.87. The van der Waals surface area contributed by atoms with E-state index in [1.54, 1.807) is 18.0 Å². The Bertz CT molecular complexity index is 807. The van der Waals surface area contributed by atoms with Crippen molar-refractivity contribution in [1.29, 1.82) is 0 Å². The highest BCUT2D eigenvalue weighted by molar-refractivity contribution is 5.91. The van der Waals surface area contributed by atoms with Crippen molar-refractivity contribution < 1.29 is 18.7 Å². The smallest absolute Gasteiger partial charge is 0.410 e. The molecule has 2 heterocycles. The Kier molecular flexibility index (Phi) is 5.43. The zero-order valence-electron chi connectivity index (χ0n) is 16.3. The minimum atomic E-state index is -0.487. The first-order chi connectivity index (χ1) is 12.8. The molecule has 0 spiro atoms. The van der Waals surface area contributed by atoms with E-state index in [1.165, 1.54) is 6.07 Å². The highest BCUT2D eigenvalue weighted by Gasteiger charge is 2.27. The van der Waals surface area contributed by atoms with Gasteiger partial charge in [-0.15, -0.1) is 0 Å². The number of nitrogens with one attached hydrogen (secondary N) is 2. The number of carbonyl (C=O) groups is 1. The molecule has 1 saturated heterocycles. The largest absolute Gasteiger partial charge is 0.493 e. The van der Waals surface area contributed by atoms with E-state index in [9.17, 15) is 9.18 Å². The molecule has 1 aromatic carbocycles. The van der Waals surface area contributed by atoms with Crippen molar-refractivity contribution >= 4 is 22.8 Å².